The van der Waals surface area contributed by atoms with Gasteiger partial charge in [0.2, 0.25) is 0 Å². The Kier molecular flexibility index (Phi) is 24.3. The van der Waals surface area contributed by atoms with Gasteiger partial charge in [0.1, 0.15) is 0 Å². The number of hydrogen-bond donors (Lipinski definition) is 2. The van der Waals surface area contributed by atoms with E-state index in [0.717, 1.165) is 0 Å². The molecule has 0 rings (SSSR count). The summed E-state index contributed by atoms with van der Waals surface area (Å²) in [5.41, 5.74) is 0. The number of carboxylic acid groups (broad SMARTS) is 2. The van der Waals surface area contributed by atoms with Crippen molar-refractivity contribution >= 4 is 18.6 Å². The van der Waals surface area contributed by atoms with Crippen LogP contribution < -0.4 is 0 Å². The van der Waals surface area contributed by atoms with E-state index in [2.05, 4.69) is 0 Å². The molecule has 0 aliphatic heterocycles. The summed E-state index contributed by atoms with van der Waals surface area (Å²) in [5.74, 6) is 0. The van der Waals surface area contributed by atoms with Crippen molar-refractivity contribution in [3.63, 3.8) is 0 Å². The van der Waals surface area contributed by atoms with E-state index in [9.17, 15) is 0 Å². The Morgan fingerprint density at radius 3 is 1.33 bits per heavy atom. The molecule has 6 heavy (non-hydrogen) atoms. The molecule has 0 aliphatic carbocycles. The van der Waals surface area contributed by atoms with Gasteiger partial charge in [-0.25, -0.2) is 4.79 Å². The minimum absolute atomic E-state index is 0. The van der Waals surface area contributed by atoms with Crippen molar-refractivity contribution in [1.29, 1.82) is 0 Å². The molecule has 0 saturated heterocycles. The summed E-state index contributed by atoms with van der Waals surface area (Å²) >= 11 is 0. The van der Waals surface area contributed by atoms with Crippen molar-refractivity contribution in [2.24, 2.45) is 0 Å². The molecule has 0 radical (unpaired) electrons. The van der Waals surface area contributed by atoms with E-state index in [1.165, 1.54) is 0 Å². The second kappa shape index (κ2) is 9.08. The minimum atomic E-state index is -1.83. The maximum Gasteiger partial charge on any atom is 0.503 e. The first-order chi connectivity index (χ1) is 1.73. The molecule has 0 spiro atoms. The quantitative estimate of drug-likeness (QED) is 0.578. The standard InChI is InChI=1S/CH2O3.Cd.ClH/c2-1(3)4;;/h(H2,2,3,4);;1H. The van der Waals surface area contributed by atoms with Gasteiger partial charge in [-0.1, -0.05) is 0 Å². The number of carbonyl (C=O) groups is 1. The van der Waals surface area contributed by atoms with Gasteiger partial charge in [-0.2, -0.15) is 0 Å². The molecule has 0 amide bonds. The molecule has 0 aromatic carbocycles. The molecule has 34 valence electrons. The normalized spacial score (nSPS) is 4.00. The molecule has 0 atom stereocenters. The molecular weight excluding hydrogens is 208 g/mol. The van der Waals surface area contributed by atoms with Crippen LogP contribution in [0.5, 0.6) is 0 Å². The Balaban J connectivity index is -0.0000000450. The van der Waals surface area contributed by atoms with E-state index in [4.69, 9.17) is 15.0 Å². The molecule has 0 saturated carbocycles. The Labute approximate surface area is 60.9 Å². The molecule has 0 heterocycles. The van der Waals surface area contributed by atoms with E-state index in [1.54, 1.807) is 0 Å². The Bertz CT molecular complexity index is 33.8. The van der Waals surface area contributed by atoms with Crippen molar-refractivity contribution in [1.82, 2.24) is 0 Å². The van der Waals surface area contributed by atoms with Gasteiger partial charge in [0.15, 0.2) is 0 Å². The van der Waals surface area contributed by atoms with Crippen LogP contribution in [0.25, 0.3) is 0 Å². The molecule has 2 N–H and O–H groups in total. The summed E-state index contributed by atoms with van der Waals surface area (Å²) in [6.07, 6.45) is -1.83. The van der Waals surface area contributed by atoms with Gasteiger partial charge in [0.25, 0.3) is 0 Å². The second-order valence-corrected chi connectivity index (χ2v) is 0.283. The third-order valence-corrected chi connectivity index (χ3v) is 0. The molecule has 0 unspecified atom stereocenters. The minimum Gasteiger partial charge on any atom is -0.450 e. The van der Waals surface area contributed by atoms with Crippen LogP contribution in [-0.4, -0.2) is 16.4 Å². The Morgan fingerprint density at radius 2 is 1.33 bits per heavy atom. The van der Waals surface area contributed by atoms with Crippen molar-refractivity contribution in [2.75, 3.05) is 0 Å². The van der Waals surface area contributed by atoms with Gasteiger partial charge in [-0.05, 0) is 0 Å². The van der Waals surface area contributed by atoms with Crippen LogP contribution >= 0.6 is 12.4 Å². The topological polar surface area (TPSA) is 57.5 Å². The van der Waals surface area contributed by atoms with Crippen LogP contribution in [0.2, 0.25) is 0 Å². The molecule has 5 heteroatoms. The number of rotatable bonds is 0. The van der Waals surface area contributed by atoms with Crippen molar-refractivity contribution in [3.05, 3.63) is 0 Å². The molecule has 0 fully saturated rings. The van der Waals surface area contributed by atoms with Gasteiger partial charge in [-0.15, -0.1) is 12.4 Å². The smallest absolute Gasteiger partial charge is 0.450 e. The SMILES string of the molecule is Cl.O=C(O)O.[Cd]. The summed E-state index contributed by atoms with van der Waals surface area (Å²) in [6.45, 7) is 0. The van der Waals surface area contributed by atoms with Crippen LogP contribution in [0.3, 0.4) is 0 Å². The Morgan fingerprint density at radius 1 is 1.33 bits per heavy atom. The van der Waals surface area contributed by atoms with Crippen molar-refractivity contribution in [3.8, 4) is 0 Å². The average Bonchev–Trinajstić information content (AvgIpc) is 0.811. The first-order valence-corrected chi connectivity index (χ1v) is 0.651. The summed E-state index contributed by atoms with van der Waals surface area (Å²) in [6, 6.07) is 0. The van der Waals surface area contributed by atoms with Crippen LogP contribution in [0.1, 0.15) is 0 Å². The zero-order valence-electron chi connectivity index (χ0n) is 2.92. The van der Waals surface area contributed by atoms with Crippen LogP contribution in [0.4, 0.5) is 4.79 Å². The average molecular weight is 211 g/mol. The summed E-state index contributed by atoms with van der Waals surface area (Å²) < 4.78 is 0. The van der Waals surface area contributed by atoms with Crippen LogP contribution in [0.15, 0.2) is 0 Å². The zero-order chi connectivity index (χ0) is 3.58. The third kappa shape index (κ3) is 234. The van der Waals surface area contributed by atoms with Gasteiger partial charge < -0.3 is 10.2 Å². The van der Waals surface area contributed by atoms with E-state index in [0.29, 0.717) is 0 Å². The first-order valence-electron chi connectivity index (χ1n) is 0.651. The fourth-order valence-electron chi connectivity index (χ4n) is 0. The molecule has 0 aliphatic rings. The number of halogens is 1. The molecule has 0 bridgehead atoms. The summed E-state index contributed by atoms with van der Waals surface area (Å²) in [5, 5.41) is 13.9. The van der Waals surface area contributed by atoms with Crippen LogP contribution in [-0.2, 0) is 27.3 Å². The van der Waals surface area contributed by atoms with E-state index >= 15 is 0 Å². The number of hydrogen-bond acceptors (Lipinski definition) is 1. The first kappa shape index (κ1) is 16.1. The summed E-state index contributed by atoms with van der Waals surface area (Å²) in [4.78, 5) is 8.56. The maximum absolute atomic E-state index is 8.56. The predicted molar refractivity (Wildman–Crippen MR) is 17.9 cm³/mol. The van der Waals surface area contributed by atoms with Gasteiger partial charge in [0, 0.05) is 27.3 Å². The largest absolute Gasteiger partial charge is 0.503 e. The maximum atomic E-state index is 8.56. The van der Waals surface area contributed by atoms with Gasteiger partial charge in [-0.3, -0.25) is 0 Å². The van der Waals surface area contributed by atoms with Gasteiger partial charge in [0.05, 0.1) is 0 Å². The predicted octanol–water partition coefficient (Wildman–Crippen LogP) is 0.642. The summed E-state index contributed by atoms with van der Waals surface area (Å²) in [7, 11) is 0. The van der Waals surface area contributed by atoms with Crippen molar-refractivity contribution < 1.29 is 42.3 Å². The third-order valence-electron chi connectivity index (χ3n) is 0. The van der Waals surface area contributed by atoms with Crippen molar-refractivity contribution in [2.45, 2.75) is 0 Å². The van der Waals surface area contributed by atoms with E-state index < -0.39 is 6.16 Å². The molecule has 0 aromatic heterocycles. The fourth-order valence-corrected chi connectivity index (χ4v) is 0. The zero-order valence-corrected chi connectivity index (χ0v) is 7.77. The fraction of sp³-hybridized carbons (Fsp3) is 0. The van der Waals surface area contributed by atoms with E-state index in [-0.39, 0.29) is 39.7 Å². The molecular formula is CH3CdClO3. The second-order valence-electron chi connectivity index (χ2n) is 0.283. The Hall–Kier alpha value is 0.482. The van der Waals surface area contributed by atoms with Gasteiger partial charge >= 0.3 is 6.16 Å². The molecule has 0 aromatic rings. The van der Waals surface area contributed by atoms with E-state index in [1.807, 2.05) is 0 Å². The molecule has 3 nitrogen and oxygen atoms in total. The monoisotopic (exact) mass is 212 g/mol. The van der Waals surface area contributed by atoms with Crippen LogP contribution in [0, 0.1) is 0 Å².